The average molecular weight is 288 g/mol. The molecule has 2 aromatic heterocycles. The van der Waals surface area contributed by atoms with E-state index >= 15 is 0 Å². The maximum Gasteiger partial charge on any atom is 0.292 e. The summed E-state index contributed by atoms with van der Waals surface area (Å²) in [4.78, 5) is 16.0. The van der Waals surface area contributed by atoms with Crippen molar-refractivity contribution in [3.05, 3.63) is 33.5 Å². The molecule has 104 valence electrons. The second kappa shape index (κ2) is 4.70. The average Bonchev–Trinajstić information content (AvgIpc) is 3.12. The molecule has 0 N–H and O–H groups in total. The Kier molecular flexibility index (Phi) is 2.84. The first kappa shape index (κ1) is 12.1. The predicted molar refractivity (Wildman–Crippen MR) is 75.7 cm³/mol. The molecule has 0 saturated heterocycles. The van der Waals surface area contributed by atoms with Crippen molar-refractivity contribution in [1.82, 2.24) is 19.7 Å². The topological polar surface area (TPSA) is 51.0 Å². The van der Waals surface area contributed by atoms with Crippen LogP contribution in [-0.4, -0.2) is 32.1 Å². The van der Waals surface area contributed by atoms with E-state index in [-0.39, 0.29) is 5.91 Å². The van der Waals surface area contributed by atoms with E-state index in [2.05, 4.69) is 21.6 Å². The lowest BCUT2D eigenvalue weighted by Gasteiger charge is -2.27. The molecule has 2 aliphatic rings. The molecule has 0 radical (unpaired) electrons. The number of nitrogens with zero attached hydrogens (tertiary/aromatic N) is 4. The number of hydrogen-bond acceptors (Lipinski definition) is 4. The van der Waals surface area contributed by atoms with Gasteiger partial charge in [0.05, 0.1) is 0 Å². The minimum atomic E-state index is 0.0301. The minimum absolute atomic E-state index is 0.0301. The summed E-state index contributed by atoms with van der Waals surface area (Å²) in [5.74, 6) is 1.52. The molecular weight excluding hydrogens is 272 g/mol. The molecule has 2 aromatic rings. The van der Waals surface area contributed by atoms with Crippen LogP contribution < -0.4 is 0 Å². The van der Waals surface area contributed by atoms with E-state index in [9.17, 15) is 4.79 Å². The number of fused-ring (bicyclic) bond motifs is 2. The fourth-order valence-corrected chi connectivity index (χ4v) is 3.92. The van der Waals surface area contributed by atoms with Gasteiger partial charge in [-0.25, -0.2) is 0 Å². The van der Waals surface area contributed by atoms with Gasteiger partial charge in [0, 0.05) is 30.9 Å². The maximum absolute atomic E-state index is 12.7. The van der Waals surface area contributed by atoms with Crippen molar-refractivity contribution in [3.8, 4) is 0 Å². The molecule has 0 aromatic carbocycles. The SMILES string of the molecule is O=C(c1nnc2n1CCCC2)N1CCc2sccc2C1. The molecule has 5 nitrogen and oxygen atoms in total. The summed E-state index contributed by atoms with van der Waals surface area (Å²) < 4.78 is 2.01. The Morgan fingerprint density at radius 2 is 2.15 bits per heavy atom. The van der Waals surface area contributed by atoms with Crippen molar-refractivity contribution < 1.29 is 4.79 Å². The summed E-state index contributed by atoms with van der Waals surface area (Å²) in [6.07, 6.45) is 4.16. The Morgan fingerprint density at radius 1 is 1.20 bits per heavy atom. The summed E-state index contributed by atoms with van der Waals surface area (Å²) in [7, 11) is 0. The fraction of sp³-hybridized carbons (Fsp3) is 0.500. The first-order valence-electron chi connectivity index (χ1n) is 7.09. The van der Waals surface area contributed by atoms with Gasteiger partial charge in [-0.2, -0.15) is 0 Å². The number of carbonyl (C=O) groups is 1. The lowest BCUT2D eigenvalue weighted by atomic mass is 10.1. The van der Waals surface area contributed by atoms with Gasteiger partial charge in [0.15, 0.2) is 0 Å². The van der Waals surface area contributed by atoms with Crippen LogP contribution in [0.15, 0.2) is 11.4 Å². The molecule has 0 spiro atoms. The van der Waals surface area contributed by atoms with E-state index in [1.165, 1.54) is 10.4 Å². The van der Waals surface area contributed by atoms with Crippen molar-refractivity contribution >= 4 is 17.2 Å². The molecule has 4 heterocycles. The van der Waals surface area contributed by atoms with Crippen LogP contribution in [0.4, 0.5) is 0 Å². The number of aryl methyl sites for hydroxylation is 1. The number of rotatable bonds is 1. The third-order valence-electron chi connectivity index (χ3n) is 4.15. The Balaban J connectivity index is 1.61. The van der Waals surface area contributed by atoms with Gasteiger partial charge in [-0.1, -0.05) is 0 Å². The summed E-state index contributed by atoms with van der Waals surface area (Å²) in [5, 5.41) is 10.4. The number of hydrogen-bond donors (Lipinski definition) is 0. The molecule has 0 saturated carbocycles. The molecule has 0 unspecified atom stereocenters. The van der Waals surface area contributed by atoms with Gasteiger partial charge in [-0.15, -0.1) is 21.5 Å². The number of carbonyl (C=O) groups excluding carboxylic acids is 1. The van der Waals surface area contributed by atoms with Crippen molar-refractivity contribution in [2.45, 2.75) is 38.8 Å². The zero-order valence-corrected chi connectivity index (χ0v) is 12.0. The normalized spacial score (nSPS) is 17.7. The molecule has 1 amide bonds. The highest BCUT2D eigenvalue weighted by Crippen LogP contribution is 2.25. The van der Waals surface area contributed by atoms with Gasteiger partial charge in [0.2, 0.25) is 5.82 Å². The highest BCUT2D eigenvalue weighted by Gasteiger charge is 2.28. The van der Waals surface area contributed by atoms with Gasteiger partial charge in [-0.05, 0) is 36.3 Å². The first-order chi connectivity index (χ1) is 9.83. The van der Waals surface area contributed by atoms with Crippen LogP contribution in [0.3, 0.4) is 0 Å². The van der Waals surface area contributed by atoms with Crippen LogP contribution in [0.25, 0.3) is 0 Å². The Hall–Kier alpha value is -1.69. The van der Waals surface area contributed by atoms with Gasteiger partial charge in [0.25, 0.3) is 5.91 Å². The second-order valence-corrected chi connectivity index (χ2v) is 6.39. The van der Waals surface area contributed by atoms with Crippen LogP contribution >= 0.6 is 11.3 Å². The quantitative estimate of drug-likeness (QED) is 0.805. The zero-order chi connectivity index (χ0) is 13.5. The number of aromatic nitrogens is 3. The van der Waals surface area contributed by atoms with Crippen molar-refractivity contribution in [1.29, 1.82) is 0 Å². The van der Waals surface area contributed by atoms with Crippen LogP contribution in [0.1, 0.15) is 39.7 Å². The Labute approximate surface area is 121 Å². The third kappa shape index (κ3) is 1.86. The Bertz CT molecular complexity index is 660. The maximum atomic E-state index is 12.7. The molecule has 0 fully saturated rings. The fourth-order valence-electron chi connectivity index (χ4n) is 3.03. The summed E-state index contributed by atoms with van der Waals surface area (Å²) in [6, 6.07) is 2.12. The second-order valence-electron chi connectivity index (χ2n) is 5.39. The van der Waals surface area contributed by atoms with Gasteiger partial charge < -0.3 is 9.47 Å². The lowest BCUT2D eigenvalue weighted by Crippen LogP contribution is -2.37. The monoisotopic (exact) mass is 288 g/mol. The van der Waals surface area contributed by atoms with E-state index < -0.39 is 0 Å². The smallest absolute Gasteiger partial charge is 0.292 e. The molecule has 0 atom stereocenters. The van der Waals surface area contributed by atoms with E-state index in [1.807, 2.05) is 9.47 Å². The van der Waals surface area contributed by atoms with Crippen LogP contribution in [0, 0.1) is 0 Å². The van der Waals surface area contributed by atoms with E-state index in [4.69, 9.17) is 0 Å². The van der Waals surface area contributed by atoms with Crippen LogP contribution in [0.5, 0.6) is 0 Å². The molecule has 20 heavy (non-hydrogen) atoms. The van der Waals surface area contributed by atoms with Gasteiger partial charge in [0.1, 0.15) is 5.82 Å². The highest BCUT2D eigenvalue weighted by molar-refractivity contribution is 7.10. The zero-order valence-electron chi connectivity index (χ0n) is 11.2. The number of amides is 1. The van der Waals surface area contributed by atoms with Crippen LogP contribution in [-0.2, 0) is 25.9 Å². The minimum Gasteiger partial charge on any atom is -0.331 e. The van der Waals surface area contributed by atoms with E-state index in [0.717, 1.165) is 44.6 Å². The largest absolute Gasteiger partial charge is 0.331 e. The van der Waals surface area contributed by atoms with E-state index in [0.29, 0.717) is 12.4 Å². The third-order valence-corrected chi connectivity index (χ3v) is 5.17. The molecule has 0 bridgehead atoms. The summed E-state index contributed by atoms with van der Waals surface area (Å²) in [6.45, 7) is 2.37. The van der Waals surface area contributed by atoms with Crippen LogP contribution in [0.2, 0.25) is 0 Å². The van der Waals surface area contributed by atoms with E-state index in [1.54, 1.807) is 11.3 Å². The van der Waals surface area contributed by atoms with Crippen molar-refractivity contribution in [2.24, 2.45) is 0 Å². The van der Waals surface area contributed by atoms with Gasteiger partial charge in [-0.3, -0.25) is 4.79 Å². The molecule has 6 heteroatoms. The number of thiophene rings is 1. The lowest BCUT2D eigenvalue weighted by molar-refractivity contribution is 0.0716. The molecule has 0 aliphatic carbocycles. The highest BCUT2D eigenvalue weighted by atomic mass is 32.1. The van der Waals surface area contributed by atoms with Crippen molar-refractivity contribution in [3.63, 3.8) is 0 Å². The molecule has 2 aliphatic heterocycles. The summed E-state index contributed by atoms with van der Waals surface area (Å²) in [5.41, 5.74) is 1.29. The first-order valence-corrected chi connectivity index (χ1v) is 7.97. The Morgan fingerprint density at radius 3 is 3.10 bits per heavy atom. The van der Waals surface area contributed by atoms with Crippen molar-refractivity contribution in [2.75, 3.05) is 6.54 Å². The molecular formula is C14H16N4OS. The van der Waals surface area contributed by atoms with Gasteiger partial charge >= 0.3 is 0 Å². The molecule has 4 rings (SSSR count). The predicted octanol–water partition coefficient (Wildman–Crippen LogP) is 1.87. The standard InChI is InChI=1S/C14H16N4OS/c19-14(13-16-15-12-3-1-2-6-18(12)13)17-7-4-11-10(9-17)5-8-20-11/h5,8H,1-4,6-7,9H2. The summed E-state index contributed by atoms with van der Waals surface area (Å²) >= 11 is 1.79.